The summed E-state index contributed by atoms with van der Waals surface area (Å²) in [5.74, 6) is 0.769. The summed E-state index contributed by atoms with van der Waals surface area (Å²) in [6.45, 7) is 0.726. The number of aromatic nitrogens is 2. The normalized spacial score (nSPS) is 10.2. The van der Waals surface area contributed by atoms with Gasteiger partial charge in [-0.2, -0.15) is 5.10 Å². The van der Waals surface area contributed by atoms with Crippen LogP contribution in [0.15, 0.2) is 36.7 Å². The molecule has 15 heavy (non-hydrogen) atoms. The van der Waals surface area contributed by atoms with Crippen LogP contribution in [0.25, 0.3) is 0 Å². The van der Waals surface area contributed by atoms with Gasteiger partial charge in [0.05, 0.1) is 26.0 Å². The quantitative estimate of drug-likeness (QED) is 0.769. The molecule has 0 saturated heterocycles. The predicted molar refractivity (Wildman–Crippen MR) is 58.7 cm³/mol. The predicted octanol–water partition coefficient (Wildman–Crippen LogP) is 1.52. The van der Waals surface area contributed by atoms with E-state index in [4.69, 9.17) is 10.5 Å². The van der Waals surface area contributed by atoms with Gasteiger partial charge >= 0.3 is 0 Å². The second-order valence-corrected chi connectivity index (χ2v) is 3.32. The molecule has 1 heterocycles. The third-order valence-electron chi connectivity index (χ3n) is 2.17. The zero-order valence-corrected chi connectivity index (χ0v) is 8.55. The first-order valence-electron chi connectivity index (χ1n) is 4.69. The molecule has 2 N–H and O–H groups in total. The summed E-state index contributed by atoms with van der Waals surface area (Å²) in [5.41, 5.74) is 7.54. The maximum atomic E-state index is 5.60. The van der Waals surface area contributed by atoms with E-state index in [1.807, 2.05) is 35.1 Å². The number of hydrogen-bond acceptors (Lipinski definition) is 3. The van der Waals surface area contributed by atoms with E-state index in [0.717, 1.165) is 23.5 Å². The summed E-state index contributed by atoms with van der Waals surface area (Å²) in [6.07, 6.45) is 3.55. The molecule has 0 atom stereocenters. The van der Waals surface area contributed by atoms with Gasteiger partial charge in [0.25, 0.3) is 0 Å². The number of nitrogens with zero attached hydrogens (tertiary/aromatic N) is 2. The van der Waals surface area contributed by atoms with Gasteiger partial charge in [-0.25, -0.2) is 0 Å². The van der Waals surface area contributed by atoms with Crippen molar-refractivity contribution in [3.8, 4) is 5.75 Å². The van der Waals surface area contributed by atoms with E-state index >= 15 is 0 Å². The van der Waals surface area contributed by atoms with Gasteiger partial charge in [0, 0.05) is 5.69 Å². The molecule has 0 fully saturated rings. The molecular weight excluding hydrogens is 190 g/mol. The lowest BCUT2D eigenvalue weighted by molar-refractivity contribution is 0.414. The monoisotopic (exact) mass is 203 g/mol. The van der Waals surface area contributed by atoms with Crippen molar-refractivity contribution < 1.29 is 4.74 Å². The number of benzene rings is 1. The SMILES string of the molecule is COc1cnn(Cc2ccc(N)cc2)c1. The average Bonchev–Trinajstić information content (AvgIpc) is 2.69. The van der Waals surface area contributed by atoms with Crippen molar-refractivity contribution in [3.05, 3.63) is 42.2 Å². The molecule has 0 spiro atoms. The maximum absolute atomic E-state index is 5.60. The Balaban J connectivity index is 2.11. The van der Waals surface area contributed by atoms with Crippen molar-refractivity contribution in [2.45, 2.75) is 6.54 Å². The molecule has 1 aromatic heterocycles. The summed E-state index contributed by atoms with van der Waals surface area (Å²) in [4.78, 5) is 0. The fourth-order valence-electron chi connectivity index (χ4n) is 1.35. The van der Waals surface area contributed by atoms with Gasteiger partial charge in [0.2, 0.25) is 0 Å². The van der Waals surface area contributed by atoms with E-state index < -0.39 is 0 Å². The van der Waals surface area contributed by atoms with Gasteiger partial charge in [-0.15, -0.1) is 0 Å². The standard InChI is InChI=1S/C11H13N3O/c1-15-11-6-13-14(8-11)7-9-2-4-10(12)5-3-9/h2-6,8H,7,12H2,1H3. The number of methoxy groups -OCH3 is 1. The summed E-state index contributed by atoms with van der Waals surface area (Å²) >= 11 is 0. The van der Waals surface area contributed by atoms with Crippen LogP contribution in [0.3, 0.4) is 0 Å². The number of nitrogens with two attached hydrogens (primary N) is 1. The Morgan fingerprint density at radius 2 is 2.07 bits per heavy atom. The van der Waals surface area contributed by atoms with Crippen LogP contribution in [0.1, 0.15) is 5.56 Å². The van der Waals surface area contributed by atoms with Crippen molar-refractivity contribution >= 4 is 5.69 Å². The lowest BCUT2D eigenvalue weighted by Gasteiger charge is -2.01. The average molecular weight is 203 g/mol. The van der Waals surface area contributed by atoms with Crippen LogP contribution in [0.5, 0.6) is 5.75 Å². The van der Waals surface area contributed by atoms with Gasteiger partial charge in [-0.05, 0) is 17.7 Å². The minimum Gasteiger partial charge on any atom is -0.493 e. The molecule has 0 unspecified atom stereocenters. The van der Waals surface area contributed by atoms with Crippen LogP contribution in [0.4, 0.5) is 5.69 Å². The van der Waals surface area contributed by atoms with Crippen molar-refractivity contribution in [1.29, 1.82) is 0 Å². The first-order valence-corrected chi connectivity index (χ1v) is 4.69. The Bertz CT molecular complexity index is 433. The molecule has 0 bridgehead atoms. The molecule has 0 saturated carbocycles. The second-order valence-electron chi connectivity index (χ2n) is 3.32. The third kappa shape index (κ3) is 2.28. The molecule has 0 radical (unpaired) electrons. The van der Waals surface area contributed by atoms with Crippen LogP contribution in [0.2, 0.25) is 0 Å². The minimum atomic E-state index is 0.726. The van der Waals surface area contributed by atoms with Crippen LogP contribution in [-0.2, 0) is 6.54 Å². The van der Waals surface area contributed by atoms with Crippen molar-refractivity contribution in [1.82, 2.24) is 9.78 Å². The molecule has 0 aliphatic heterocycles. The lowest BCUT2D eigenvalue weighted by Crippen LogP contribution is -1.99. The smallest absolute Gasteiger partial charge is 0.156 e. The summed E-state index contributed by atoms with van der Waals surface area (Å²) in [6, 6.07) is 7.75. The zero-order valence-electron chi connectivity index (χ0n) is 8.55. The molecule has 2 aromatic rings. The van der Waals surface area contributed by atoms with E-state index in [1.54, 1.807) is 13.3 Å². The molecule has 0 aliphatic carbocycles. The molecule has 2 rings (SSSR count). The van der Waals surface area contributed by atoms with Crippen molar-refractivity contribution in [2.75, 3.05) is 12.8 Å². The maximum Gasteiger partial charge on any atom is 0.156 e. The van der Waals surface area contributed by atoms with Crippen molar-refractivity contribution in [2.24, 2.45) is 0 Å². The Kier molecular flexibility index (Phi) is 2.58. The number of nitrogen functional groups attached to an aromatic ring is 1. The number of ether oxygens (including phenoxy) is 1. The molecule has 4 nitrogen and oxygen atoms in total. The Hall–Kier alpha value is -1.97. The van der Waals surface area contributed by atoms with Gasteiger partial charge in [0.1, 0.15) is 0 Å². The number of rotatable bonds is 3. The largest absolute Gasteiger partial charge is 0.493 e. The van der Waals surface area contributed by atoms with E-state index in [1.165, 1.54) is 0 Å². The van der Waals surface area contributed by atoms with E-state index in [0.29, 0.717) is 0 Å². The topological polar surface area (TPSA) is 53.1 Å². The van der Waals surface area contributed by atoms with Crippen LogP contribution < -0.4 is 10.5 Å². The van der Waals surface area contributed by atoms with Gasteiger partial charge < -0.3 is 10.5 Å². The lowest BCUT2D eigenvalue weighted by atomic mass is 10.2. The molecule has 4 heteroatoms. The van der Waals surface area contributed by atoms with E-state index in [-0.39, 0.29) is 0 Å². The Labute approximate surface area is 88.3 Å². The Morgan fingerprint density at radius 1 is 1.33 bits per heavy atom. The summed E-state index contributed by atoms with van der Waals surface area (Å²) < 4.78 is 6.87. The Morgan fingerprint density at radius 3 is 2.67 bits per heavy atom. The highest BCUT2D eigenvalue weighted by atomic mass is 16.5. The fraction of sp³-hybridized carbons (Fsp3) is 0.182. The van der Waals surface area contributed by atoms with Gasteiger partial charge in [0.15, 0.2) is 5.75 Å². The minimum absolute atomic E-state index is 0.726. The number of anilines is 1. The van der Waals surface area contributed by atoms with E-state index in [9.17, 15) is 0 Å². The fourth-order valence-corrected chi connectivity index (χ4v) is 1.35. The highest BCUT2D eigenvalue weighted by molar-refractivity contribution is 5.39. The summed E-state index contributed by atoms with van der Waals surface area (Å²) in [5, 5.41) is 4.17. The highest BCUT2D eigenvalue weighted by Gasteiger charge is 1.98. The molecule has 0 amide bonds. The molecule has 0 aliphatic rings. The van der Waals surface area contributed by atoms with E-state index in [2.05, 4.69) is 5.10 Å². The van der Waals surface area contributed by atoms with Crippen LogP contribution in [0, 0.1) is 0 Å². The second kappa shape index (κ2) is 4.04. The first-order chi connectivity index (χ1) is 7.28. The molecule has 78 valence electrons. The third-order valence-corrected chi connectivity index (χ3v) is 2.17. The molecular formula is C11H13N3O. The highest BCUT2D eigenvalue weighted by Crippen LogP contribution is 2.10. The zero-order chi connectivity index (χ0) is 10.7. The van der Waals surface area contributed by atoms with Crippen LogP contribution in [-0.4, -0.2) is 16.9 Å². The van der Waals surface area contributed by atoms with Crippen molar-refractivity contribution in [3.63, 3.8) is 0 Å². The van der Waals surface area contributed by atoms with Crippen LogP contribution >= 0.6 is 0 Å². The van der Waals surface area contributed by atoms with Gasteiger partial charge in [-0.3, -0.25) is 4.68 Å². The number of hydrogen-bond donors (Lipinski definition) is 1. The summed E-state index contributed by atoms with van der Waals surface area (Å²) in [7, 11) is 1.63. The first kappa shape index (κ1) is 9.58. The van der Waals surface area contributed by atoms with Gasteiger partial charge in [-0.1, -0.05) is 12.1 Å². The molecule has 1 aromatic carbocycles.